The van der Waals surface area contributed by atoms with Crippen LogP contribution in [0.2, 0.25) is 0 Å². The number of carbonyl (C=O) groups is 1. The molecule has 1 saturated heterocycles. The molecule has 1 fully saturated rings. The van der Waals surface area contributed by atoms with Gasteiger partial charge in [0.2, 0.25) is 0 Å². The van der Waals surface area contributed by atoms with E-state index in [1.807, 2.05) is 0 Å². The first-order valence-corrected chi connectivity index (χ1v) is 12.7. The van der Waals surface area contributed by atoms with Gasteiger partial charge in [0.15, 0.2) is 18.1 Å². The van der Waals surface area contributed by atoms with Crippen molar-refractivity contribution in [2.24, 2.45) is 0 Å². The van der Waals surface area contributed by atoms with E-state index in [1.165, 1.54) is 30.6 Å². The van der Waals surface area contributed by atoms with Gasteiger partial charge < -0.3 is 14.8 Å². The fourth-order valence-corrected chi connectivity index (χ4v) is 5.50. The maximum atomic E-state index is 14.1. The molecule has 0 atom stereocenters. The fraction of sp³-hybridized carbons (Fsp3) is 0.409. The molecule has 1 aliphatic heterocycles. The summed E-state index contributed by atoms with van der Waals surface area (Å²) in [6, 6.07) is 4.98. The Balaban J connectivity index is 1.61. The number of hydrogen-bond donors (Lipinski definition) is 1. The van der Waals surface area contributed by atoms with Crippen LogP contribution in [0, 0.1) is 0 Å². The highest BCUT2D eigenvalue weighted by molar-refractivity contribution is 7.91. The standard InChI is InChI=1S/C22H21F5N4O5S/c1-21(5-9-37(33,34)10-6-21)29-19(32)17-16(18(23)24)14-11-13(4-8-31(14)30-17)36-20-15(3-2-7-28-20)35-12-22(25,26)27/h2-4,7-8,11,18H,5-6,9-10,12H2,1H3,(H,29,32). The summed E-state index contributed by atoms with van der Waals surface area (Å²) in [6.07, 6.45) is -4.99. The van der Waals surface area contributed by atoms with E-state index in [0.717, 1.165) is 10.6 Å². The first-order valence-electron chi connectivity index (χ1n) is 10.9. The number of halogens is 5. The third-order valence-corrected chi connectivity index (χ3v) is 7.42. The Hall–Kier alpha value is -3.49. The van der Waals surface area contributed by atoms with Gasteiger partial charge >= 0.3 is 6.18 Å². The Morgan fingerprint density at radius 2 is 1.95 bits per heavy atom. The van der Waals surface area contributed by atoms with Crippen molar-refractivity contribution in [1.29, 1.82) is 0 Å². The molecule has 0 unspecified atom stereocenters. The van der Waals surface area contributed by atoms with Crippen molar-refractivity contribution >= 4 is 21.3 Å². The summed E-state index contributed by atoms with van der Waals surface area (Å²) in [6.45, 7) is 0.0459. The molecule has 0 radical (unpaired) electrons. The van der Waals surface area contributed by atoms with Gasteiger partial charge in [-0.25, -0.2) is 26.7 Å². The summed E-state index contributed by atoms with van der Waals surface area (Å²) in [7, 11) is -3.22. The lowest BCUT2D eigenvalue weighted by molar-refractivity contribution is -0.153. The molecule has 200 valence electrons. The summed E-state index contributed by atoms with van der Waals surface area (Å²) in [5.74, 6) is -1.88. The van der Waals surface area contributed by atoms with Gasteiger partial charge in [-0.05, 0) is 38.0 Å². The van der Waals surface area contributed by atoms with Gasteiger partial charge in [0.05, 0.1) is 22.6 Å². The maximum Gasteiger partial charge on any atom is 0.422 e. The van der Waals surface area contributed by atoms with Crippen molar-refractivity contribution in [3.63, 3.8) is 0 Å². The highest BCUT2D eigenvalue weighted by Gasteiger charge is 2.37. The number of nitrogens with zero attached hydrogens (tertiary/aromatic N) is 3. The van der Waals surface area contributed by atoms with Gasteiger partial charge in [0.1, 0.15) is 15.6 Å². The summed E-state index contributed by atoms with van der Waals surface area (Å²) < 4.78 is 100. The molecule has 0 spiro atoms. The zero-order valence-corrected chi connectivity index (χ0v) is 20.1. The van der Waals surface area contributed by atoms with Crippen LogP contribution < -0.4 is 14.8 Å². The third-order valence-electron chi connectivity index (χ3n) is 5.77. The van der Waals surface area contributed by atoms with Gasteiger partial charge in [0.25, 0.3) is 18.2 Å². The summed E-state index contributed by atoms with van der Waals surface area (Å²) in [5, 5.41) is 6.60. The van der Waals surface area contributed by atoms with Crippen LogP contribution in [0.25, 0.3) is 5.52 Å². The normalized spacial score (nSPS) is 17.1. The number of rotatable bonds is 7. The zero-order valence-electron chi connectivity index (χ0n) is 19.3. The van der Waals surface area contributed by atoms with Crippen LogP contribution in [-0.2, 0) is 9.84 Å². The number of alkyl halides is 5. The van der Waals surface area contributed by atoms with Crippen LogP contribution in [0.15, 0.2) is 36.7 Å². The lowest BCUT2D eigenvalue weighted by atomic mass is 9.94. The molecular weight excluding hydrogens is 527 g/mol. The molecule has 1 aliphatic rings. The average Bonchev–Trinajstić information content (AvgIpc) is 3.20. The molecule has 0 aromatic carbocycles. The van der Waals surface area contributed by atoms with Crippen molar-refractivity contribution < 1.29 is 44.6 Å². The van der Waals surface area contributed by atoms with Crippen LogP contribution in [0.1, 0.15) is 42.2 Å². The summed E-state index contributed by atoms with van der Waals surface area (Å²) in [5.41, 5.74) is -2.33. The molecule has 9 nitrogen and oxygen atoms in total. The molecule has 1 amide bonds. The Bertz CT molecular complexity index is 1410. The molecule has 15 heteroatoms. The second-order valence-corrected chi connectivity index (χ2v) is 11.0. The number of pyridine rings is 2. The van der Waals surface area contributed by atoms with Crippen molar-refractivity contribution in [1.82, 2.24) is 19.9 Å². The van der Waals surface area contributed by atoms with Crippen LogP contribution in [0.4, 0.5) is 22.0 Å². The molecule has 37 heavy (non-hydrogen) atoms. The van der Waals surface area contributed by atoms with Gasteiger partial charge in [-0.1, -0.05) is 0 Å². The SMILES string of the molecule is CC1(NC(=O)c2nn3ccc(Oc4ncccc4OCC(F)(F)F)cc3c2C(F)F)CCS(=O)(=O)CC1. The van der Waals surface area contributed by atoms with Gasteiger partial charge in [0, 0.05) is 24.0 Å². The lowest BCUT2D eigenvalue weighted by Gasteiger charge is -2.34. The van der Waals surface area contributed by atoms with Crippen LogP contribution in [-0.4, -0.2) is 58.8 Å². The minimum Gasteiger partial charge on any atom is -0.478 e. The third kappa shape index (κ3) is 6.26. The van der Waals surface area contributed by atoms with E-state index in [0.29, 0.717) is 0 Å². The second-order valence-electron chi connectivity index (χ2n) is 8.73. The maximum absolute atomic E-state index is 14.1. The van der Waals surface area contributed by atoms with Crippen molar-refractivity contribution in [3.05, 3.63) is 47.9 Å². The van der Waals surface area contributed by atoms with Gasteiger partial charge in [-0.2, -0.15) is 18.3 Å². The van der Waals surface area contributed by atoms with Gasteiger partial charge in [-0.3, -0.25) is 4.79 Å². The predicted octanol–water partition coefficient (Wildman–Crippen LogP) is 4.10. The van der Waals surface area contributed by atoms with Crippen molar-refractivity contribution in [3.8, 4) is 17.4 Å². The first kappa shape index (κ1) is 26.6. The largest absolute Gasteiger partial charge is 0.478 e. The predicted molar refractivity (Wildman–Crippen MR) is 120 cm³/mol. The van der Waals surface area contributed by atoms with Crippen LogP contribution in [0.3, 0.4) is 0 Å². The molecule has 0 bridgehead atoms. The van der Waals surface area contributed by atoms with E-state index >= 15 is 0 Å². The zero-order chi connectivity index (χ0) is 27.0. The highest BCUT2D eigenvalue weighted by atomic mass is 32.2. The van der Waals surface area contributed by atoms with Gasteiger partial charge in [-0.15, -0.1) is 0 Å². The van der Waals surface area contributed by atoms with Crippen molar-refractivity contribution in [2.75, 3.05) is 18.1 Å². The number of aromatic nitrogens is 3. The molecule has 1 N–H and O–H groups in total. The van der Waals surface area contributed by atoms with E-state index in [1.54, 1.807) is 6.92 Å². The van der Waals surface area contributed by atoms with Crippen LogP contribution in [0.5, 0.6) is 17.4 Å². The summed E-state index contributed by atoms with van der Waals surface area (Å²) >= 11 is 0. The molecule has 0 saturated carbocycles. The number of carbonyl (C=O) groups excluding carboxylic acids is 1. The van der Waals surface area contributed by atoms with Crippen molar-refractivity contribution in [2.45, 2.75) is 37.9 Å². The lowest BCUT2D eigenvalue weighted by Crippen LogP contribution is -2.51. The highest BCUT2D eigenvalue weighted by Crippen LogP contribution is 2.34. The molecular formula is C22H21F5N4O5S. The molecule has 4 heterocycles. The first-order chi connectivity index (χ1) is 17.3. The fourth-order valence-electron chi connectivity index (χ4n) is 3.77. The smallest absolute Gasteiger partial charge is 0.422 e. The molecule has 0 aliphatic carbocycles. The Kier molecular flexibility index (Phi) is 7.01. The molecule has 3 aromatic heterocycles. The van der Waals surface area contributed by atoms with Crippen LogP contribution >= 0.6 is 0 Å². The number of hydrogen-bond acceptors (Lipinski definition) is 7. The second kappa shape index (κ2) is 9.76. The van der Waals surface area contributed by atoms with E-state index in [4.69, 9.17) is 9.47 Å². The Morgan fingerprint density at radius 3 is 2.59 bits per heavy atom. The number of amides is 1. The van der Waals surface area contributed by atoms with E-state index in [2.05, 4.69) is 15.4 Å². The molecule has 4 rings (SSSR count). The molecule has 3 aromatic rings. The number of sulfone groups is 1. The average molecular weight is 548 g/mol. The summed E-state index contributed by atoms with van der Waals surface area (Å²) in [4.78, 5) is 16.8. The Morgan fingerprint density at radius 1 is 1.24 bits per heavy atom. The van der Waals surface area contributed by atoms with E-state index in [-0.39, 0.29) is 47.2 Å². The Labute approximate surface area is 207 Å². The number of fused-ring (bicyclic) bond motifs is 1. The van der Waals surface area contributed by atoms with E-state index in [9.17, 15) is 35.2 Å². The monoisotopic (exact) mass is 548 g/mol. The minimum absolute atomic E-state index is 0.0683. The van der Waals surface area contributed by atoms with E-state index < -0.39 is 51.7 Å². The number of nitrogens with one attached hydrogen (secondary N) is 1. The minimum atomic E-state index is -4.60. The topological polar surface area (TPSA) is 112 Å². The quantitative estimate of drug-likeness (QED) is 0.443. The number of ether oxygens (including phenoxy) is 2.